The molecule has 0 bridgehead atoms. The molecule has 0 saturated carbocycles. The van der Waals surface area contributed by atoms with Gasteiger partial charge in [-0.2, -0.15) is 10.2 Å². The van der Waals surface area contributed by atoms with Gasteiger partial charge in [0.1, 0.15) is 0 Å². The molecule has 0 aliphatic carbocycles. The topological polar surface area (TPSA) is 51.8 Å². The summed E-state index contributed by atoms with van der Waals surface area (Å²) in [6.07, 6.45) is 1.73. The Morgan fingerprint density at radius 2 is 2.00 bits per heavy atom. The molecule has 0 heterocycles. The first kappa shape index (κ1) is 10.1. The van der Waals surface area contributed by atoms with Crippen LogP contribution in [0.2, 0.25) is 0 Å². The molecule has 0 aromatic carbocycles. The largest absolute Gasteiger partial charge is 0.295 e. The quantitative estimate of drug-likeness (QED) is 0.376. The van der Waals surface area contributed by atoms with Gasteiger partial charge in [0.2, 0.25) is 0 Å². The van der Waals surface area contributed by atoms with Gasteiger partial charge in [0.05, 0.1) is 12.1 Å². The van der Waals surface area contributed by atoms with Gasteiger partial charge in [-0.1, -0.05) is 0 Å². The predicted octanol–water partition coefficient (Wildman–Crippen LogP) is 1.73. The highest BCUT2D eigenvalue weighted by molar-refractivity contribution is 5.52. The zero-order chi connectivity index (χ0) is 8.85. The van der Waals surface area contributed by atoms with E-state index in [1.165, 1.54) is 0 Å². The molecular formula is C7H16N4. The molecule has 0 spiro atoms. The highest BCUT2D eigenvalue weighted by atomic mass is 15.5. The first-order chi connectivity index (χ1) is 5.13. The molecule has 0 fully saturated rings. The van der Waals surface area contributed by atoms with Crippen LogP contribution in [0.25, 0.3) is 0 Å². The smallest absolute Gasteiger partial charge is 0.0894 e. The number of likely N-dealkylation sites (N-methyl/N-ethyl adjacent to an activating group) is 1. The Kier molecular flexibility index (Phi) is 4.41. The van der Waals surface area contributed by atoms with Crippen molar-refractivity contribution in [3.8, 4) is 0 Å². The summed E-state index contributed by atoms with van der Waals surface area (Å²) in [4.78, 5) is 0. The summed E-state index contributed by atoms with van der Waals surface area (Å²) < 4.78 is 0. The second kappa shape index (κ2) is 4.82. The normalized spacial score (nSPS) is 16.4. The maximum atomic E-state index is 6.81. The molecule has 0 aliphatic rings. The summed E-state index contributed by atoms with van der Waals surface area (Å²) in [5, 5.41) is 9.29. The second-order valence-electron chi connectivity index (χ2n) is 2.56. The van der Waals surface area contributed by atoms with Crippen molar-refractivity contribution in [2.24, 2.45) is 10.2 Å². The molecule has 64 valence electrons. The Hall–Kier alpha value is -0.930. The maximum Gasteiger partial charge on any atom is 0.0894 e. The van der Waals surface area contributed by atoms with Crippen molar-refractivity contribution in [2.75, 3.05) is 7.05 Å². The Bertz CT molecular complexity index is 143. The number of nitrogens with zero attached hydrogens (tertiary/aromatic N) is 3. The van der Waals surface area contributed by atoms with E-state index in [4.69, 9.17) is 5.53 Å². The van der Waals surface area contributed by atoms with Crippen LogP contribution in [0.5, 0.6) is 0 Å². The van der Waals surface area contributed by atoms with Crippen LogP contribution in [-0.2, 0) is 0 Å². The molecule has 4 heteroatoms. The summed E-state index contributed by atoms with van der Waals surface area (Å²) >= 11 is 0. The zero-order valence-corrected chi connectivity index (χ0v) is 7.57. The number of rotatable bonds is 4. The van der Waals surface area contributed by atoms with Crippen LogP contribution in [0.15, 0.2) is 10.2 Å². The van der Waals surface area contributed by atoms with Crippen LogP contribution in [0.3, 0.4) is 0 Å². The van der Waals surface area contributed by atoms with Gasteiger partial charge in [0, 0.05) is 13.3 Å². The van der Waals surface area contributed by atoms with Crippen LogP contribution >= 0.6 is 0 Å². The SMILES string of the molecule is C/C=N\N(C)C(C)[C@H](C)N=N. The van der Waals surface area contributed by atoms with E-state index in [1.54, 1.807) is 6.21 Å². The maximum absolute atomic E-state index is 6.81. The van der Waals surface area contributed by atoms with Crippen molar-refractivity contribution in [1.29, 1.82) is 5.53 Å². The monoisotopic (exact) mass is 156 g/mol. The molecule has 1 N–H and O–H groups in total. The lowest BCUT2D eigenvalue weighted by Crippen LogP contribution is -2.32. The van der Waals surface area contributed by atoms with Gasteiger partial charge < -0.3 is 0 Å². The average Bonchev–Trinajstić information content (AvgIpc) is 2.02. The van der Waals surface area contributed by atoms with E-state index < -0.39 is 0 Å². The van der Waals surface area contributed by atoms with E-state index in [2.05, 4.69) is 10.2 Å². The highest BCUT2D eigenvalue weighted by Crippen LogP contribution is 2.04. The first-order valence-corrected chi connectivity index (χ1v) is 3.71. The molecule has 0 rings (SSSR count). The minimum atomic E-state index is 0.00343. The lowest BCUT2D eigenvalue weighted by atomic mass is 10.2. The third-order valence-electron chi connectivity index (χ3n) is 1.79. The van der Waals surface area contributed by atoms with Gasteiger partial charge in [-0.05, 0) is 20.8 Å². The number of hydrogen-bond donors (Lipinski definition) is 1. The molecule has 0 aromatic rings. The van der Waals surface area contributed by atoms with Crippen molar-refractivity contribution in [3.63, 3.8) is 0 Å². The Balaban J connectivity index is 3.99. The molecule has 11 heavy (non-hydrogen) atoms. The van der Waals surface area contributed by atoms with Gasteiger partial charge in [-0.3, -0.25) is 5.01 Å². The van der Waals surface area contributed by atoms with Crippen molar-refractivity contribution in [2.45, 2.75) is 32.9 Å². The molecule has 0 aliphatic heterocycles. The van der Waals surface area contributed by atoms with Crippen LogP contribution < -0.4 is 0 Å². The lowest BCUT2D eigenvalue weighted by molar-refractivity contribution is 0.240. The molecule has 2 atom stereocenters. The summed E-state index contributed by atoms with van der Waals surface area (Å²) in [6, 6.07) is 0.187. The average molecular weight is 156 g/mol. The van der Waals surface area contributed by atoms with Gasteiger partial charge >= 0.3 is 0 Å². The van der Waals surface area contributed by atoms with E-state index in [1.807, 2.05) is 32.8 Å². The van der Waals surface area contributed by atoms with Crippen LogP contribution in [0, 0.1) is 5.53 Å². The fourth-order valence-electron chi connectivity index (χ4n) is 0.707. The van der Waals surface area contributed by atoms with Gasteiger partial charge in [-0.25, -0.2) is 5.53 Å². The van der Waals surface area contributed by atoms with Crippen LogP contribution in [0.4, 0.5) is 0 Å². The van der Waals surface area contributed by atoms with E-state index in [0.717, 1.165) is 0 Å². The molecule has 0 aromatic heterocycles. The Labute approximate surface area is 67.8 Å². The van der Waals surface area contributed by atoms with Gasteiger partial charge in [0.15, 0.2) is 0 Å². The van der Waals surface area contributed by atoms with E-state index in [-0.39, 0.29) is 12.1 Å². The Morgan fingerprint density at radius 3 is 2.36 bits per heavy atom. The molecule has 0 amide bonds. The third-order valence-corrected chi connectivity index (χ3v) is 1.79. The van der Waals surface area contributed by atoms with Crippen molar-refractivity contribution in [3.05, 3.63) is 0 Å². The summed E-state index contributed by atoms with van der Waals surface area (Å²) in [5.74, 6) is 0. The van der Waals surface area contributed by atoms with Crippen LogP contribution in [-0.4, -0.2) is 30.4 Å². The fraction of sp³-hybridized carbons (Fsp3) is 0.857. The fourth-order valence-corrected chi connectivity index (χ4v) is 0.707. The Morgan fingerprint density at radius 1 is 1.45 bits per heavy atom. The van der Waals surface area contributed by atoms with E-state index in [9.17, 15) is 0 Å². The lowest BCUT2D eigenvalue weighted by Gasteiger charge is -2.23. The second-order valence-corrected chi connectivity index (χ2v) is 2.56. The van der Waals surface area contributed by atoms with Gasteiger partial charge in [-0.15, -0.1) is 0 Å². The van der Waals surface area contributed by atoms with Crippen molar-refractivity contribution >= 4 is 6.21 Å². The van der Waals surface area contributed by atoms with Crippen molar-refractivity contribution < 1.29 is 0 Å². The summed E-state index contributed by atoms with van der Waals surface area (Å²) in [7, 11) is 1.88. The number of hydrazone groups is 1. The van der Waals surface area contributed by atoms with E-state index in [0.29, 0.717) is 0 Å². The zero-order valence-electron chi connectivity index (χ0n) is 7.57. The molecule has 1 unspecified atom stereocenters. The minimum Gasteiger partial charge on any atom is -0.295 e. The molecule has 4 nitrogen and oxygen atoms in total. The number of nitrogens with one attached hydrogen (secondary N) is 1. The predicted molar refractivity (Wildman–Crippen MR) is 46.0 cm³/mol. The first-order valence-electron chi connectivity index (χ1n) is 3.71. The standard InChI is InChI=1S/C7H16N4/c1-5-9-11(4)7(3)6(2)10-8/h5-8H,1-4H3/b9-5-,10-8?/t6-,7?/m0/s1. The molecule has 0 saturated heterocycles. The van der Waals surface area contributed by atoms with E-state index >= 15 is 0 Å². The van der Waals surface area contributed by atoms with Crippen molar-refractivity contribution in [1.82, 2.24) is 5.01 Å². The molecular weight excluding hydrogens is 140 g/mol. The van der Waals surface area contributed by atoms with Crippen LogP contribution in [0.1, 0.15) is 20.8 Å². The highest BCUT2D eigenvalue weighted by Gasteiger charge is 2.13. The third kappa shape index (κ3) is 3.11. The summed E-state index contributed by atoms with van der Waals surface area (Å²) in [5.41, 5.74) is 6.81. The minimum absolute atomic E-state index is 0.00343. The summed E-state index contributed by atoms with van der Waals surface area (Å²) in [6.45, 7) is 5.76. The molecule has 0 radical (unpaired) electrons. The van der Waals surface area contributed by atoms with Gasteiger partial charge in [0.25, 0.3) is 0 Å². The number of hydrogen-bond acceptors (Lipinski definition) is 4.